The van der Waals surface area contributed by atoms with Crippen LogP contribution in [-0.4, -0.2) is 48.0 Å². The van der Waals surface area contributed by atoms with Gasteiger partial charge in [-0.1, -0.05) is 181 Å². The third kappa shape index (κ3) is 15.2. The van der Waals surface area contributed by atoms with Crippen LogP contribution in [0.1, 0.15) is 206 Å². The van der Waals surface area contributed by atoms with Crippen molar-refractivity contribution < 1.29 is 28.7 Å². The van der Waals surface area contributed by atoms with Gasteiger partial charge in [0.15, 0.2) is 0 Å². The normalized spacial score (nSPS) is 20.0. The third-order valence-electron chi connectivity index (χ3n) is 10.5. The smallest absolute Gasteiger partial charge is 0.341 e. The second kappa shape index (κ2) is 25.8. The molecule has 48 heavy (non-hydrogen) atoms. The molecule has 0 saturated carbocycles. The molecule has 3 fully saturated rings. The van der Waals surface area contributed by atoms with Crippen LogP contribution in [0.3, 0.4) is 0 Å². The van der Waals surface area contributed by atoms with Crippen molar-refractivity contribution in [1.82, 2.24) is 10.6 Å². The minimum atomic E-state index is -1.76. The van der Waals surface area contributed by atoms with Crippen molar-refractivity contribution in [2.24, 2.45) is 0 Å². The molecule has 2 bridgehead atoms. The predicted molar refractivity (Wildman–Crippen MR) is 194 cm³/mol. The van der Waals surface area contributed by atoms with Crippen LogP contribution < -0.4 is 10.6 Å². The number of hydrogen-bond acceptors (Lipinski definition) is 6. The summed E-state index contributed by atoms with van der Waals surface area (Å²) in [5.41, 5.74) is -3.52. The van der Waals surface area contributed by atoms with Gasteiger partial charge in [0.1, 0.15) is 0 Å². The number of carbonyl (C=O) groups is 4. The van der Waals surface area contributed by atoms with Gasteiger partial charge in [0.2, 0.25) is 11.1 Å². The van der Waals surface area contributed by atoms with Crippen LogP contribution >= 0.6 is 0 Å². The largest absolute Gasteiger partial charge is 0.464 e. The summed E-state index contributed by atoms with van der Waals surface area (Å²) in [6.45, 7) is 4.94. The number of nitrogens with one attached hydrogen (secondary N) is 2. The first-order chi connectivity index (χ1) is 23.4. The Morgan fingerprint density at radius 1 is 0.438 bits per heavy atom. The first-order valence-corrected chi connectivity index (χ1v) is 20.4. The van der Waals surface area contributed by atoms with Crippen molar-refractivity contribution in [2.75, 3.05) is 13.2 Å². The molecule has 2 atom stereocenters. The lowest BCUT2D eigenvalue weighted by atomic mass is 9.73. The van der Waals surface area contributed by atoms with Gasteiger partial charge in [-0.3, -0.25) is 9.59 Å². The zero-order valence-electron chi connectivity index (χ0n) is 31.1. The van der Waals surface area contributed by atoms with E-state index < -0.39 is 34.8 Å². The van der Waals surface area contributed by atoms with E-state index in [4.69, 9.17) is 9.47 Å². The Morgan fingerprint density at radius 2 is 0.667 bits per heavy atom. The number of rotatable bonds is 32. The van der Waals surface area contributed by atoms with Gasteiger partial charge >= 0.3 is 11.9 Å². The van der Waals surface area contributed by atoms with Crippen molar-refractivity contribution in [3.63, 3.8) is 0 Å². The Kier molecular flexibility index (Phi) is 22.6. The maximum atomic E-state index is 13.0. The van der Waals surface area contributed by atoms with Gasteiger partial charge < -0.3 is 20.1 Å². The number of piperidine rings is 2. The van der Waals surface area contributed by atoms with Crippen molar-refractivity contribution in [1.29, 1.82) is 0 Å². The molecule has 278 valence electrons. The summed E-state index contributed by atoms with van der Waals surface area (Å²) >= 11 is 0. The lowest BCUT2D eigenvalue weighted by molar-refractivity contribution is -0.177. The summed E-state index contributed by atoms with van der Waals surface area (Å²) in [5, 5.41) is 5.06. The monoisotopic (exact) mass is 677 g/mol. The molecule has 0 aromatic heterocycles. The second-order valence-corrected chi connectivity index (χ2v) is 14.7. The molecule has 0 aliphatic carbocycles. The first-order valence-electron chi connectivity index (χ1n) is 20.4. The van der Waals surface area contributed by atoms with E-state index in [-0.39, 0.29) is 26.1 Å². The standard InChI is InChI=1S/C40H72N2O6/c1-3-5-7-9-11-13-15-17-19-21-23-25-27-29-33-47-37(45)39-31-32-40(36(44)41-39,42-35(39)43)38(46)48-34-30-28-26-24-22-20-18-16-14-12-10-8-6-4-2/h3-34H2,1-2H3,(H,41,44)(H,42,43)/t39-,40-/m0/s1. The number of esters is 2. The van der Waals surface area contributed by atoms with Gasteiger partial charge in [-0.25, -0.2) is 9.59 Å². The van der Waals surface area contributed by atoms with E-state index in [0.717, 1.165) is 38.5 Å². The van der Waals surface area contributed by atoms with E-state index in [1.807, 2.05) is 0 Å². The molecular weight excluding hydrogens is 604 g/mol. The fourth-order valence-corrected chi connectivity index (χ4v) is 7.10. The highest BCUT2D eigenvalue weighted by molar-refractivity contribution is 6.22. The zero-order chi connectivity index (χ0) is 34.8. The topological polar surface area (TPSA) is 111 Å². The van der Waals surface area contributed by atoms with Crippen molar-refractivity contribution in [2.45, 2.75) is 218 Å². The Hall–Kier alpha value is -2.12. The van der Waals surface area contributed by atoms with Gasteiger partial charge in [-0.15, -0.1) is 0 Å². The quantitative estimate of drug-likeness (QED) is 0.0417. The van der Waals surface area contributed by atoms with Gasteiger partial charge in [0.05, 0.1) is 13.2 Å². The number of piperazine rings is 1. The van der Waals surface area contributed by atoms with E-state index in [0.29, 0.717) is 0 Å². The molecule has 0 aromatic rings. The number of ether oxygens (including phenoxy) is 2. The molecule has 2 amide bonds. The Labute approximate surface area is 293 Å². The van der Waals surface area contributed by atoms with Crippen molar-refractivity contribution >= 4 is 23.8 Å². The third-order valence-corrected chi connectivity index (χ3v) is 10.5. The number of amides is 2. The molecule has 0 radical (unpaired) electrons. The number of hydrogen-bond donors (Lipinski definition) is 2. The fraction of sp³-hybridized carbons (Fsp3) is 0.900. The molecule has 3 rings (SSSR count). The van der Waals surface area contributed by atoms with Crippen LogP contribution in [0.2, 0.25) is 0 Å². The Balaban J connectivity index is 1.50. The molecule has 3 aliphatic rings. The lowest BCUT2D eigenvalue weighted by Gasteiger charge is -2.48. The van der Waals surface area contributed by atoms with E-state index in [9.17, 15) is 19.2 Å². The Morgan fingerprint density at radius 3 is 0.896 bits per heavy atom. The molecule has 3 saturated heterocycles. The van der Waals surface area contributed by atoms with Crippen LogP contribution in [0.4, 0.5) is 0 Å². The summed E-state index contributed by atoms with van der Waals surface area (Å²) in [6, 6.07) is 0. The highest BCUT2D eigenvalue weighted by atomic mass is 16.5. The zero-order valence-corrected chi connectivity index (χ0v) is 31.1. The number of unbranched alkanes of at least 4 members (excludes halogenated alkanes) is 26. The fourth-order valence-electron chi connectivity index (χ4n) is 7.10. The number of carbonyl (C=O) groups excluding carboxylic acids is 4. The molecule has 3 heterocycles. The lowest BCUT2D eigenvalue weighted by Crippen LogP contribution is -2.83. The predicted octanol–water partition coefficient (Wildman–Crippen LogP) is 9.55. The highest BCUT2D eigenvalue weighted by Gasteiger charge is 2.67. The summed E-state index contributed by atoms with van der Waals surface area (Å²) in [5.74, 6) is -2.86. The number of fused-ring (bicyclic) bond motifs is 3. The molecule has 8 nitrogen and oxygen atoms in total. The van der Waals surface area contributed by atoms with Crippen LogP contribution in [0.25, 0.3) is 0 Å². The molecule has 0 unspecified atom stereocenters. The van der Waals surface area contributed by atoms with Crippen molar-refractivity contribution in [3.05, 3.63) is 0 Å². The molecular formula is C40H72N2O6. The first kappa shape index (κ1) is 42.0. The minimum Gasteiger partial charge on any atom is -0.464 e. The van der Waals surface area contributed by atoms with Gasteiger partial charge in [0.25, 0.3) is 11.8 Å². The van der Waals surface area contributed by atoms with Gasteiger partial charge in [-0.05, 0) is 25.7 Å². The summed E-state index contributed by atoms with van der Waals surface area (Å²) in [7, 11) is 0. The van der Waals surface area contributed by atoms with Crippen LogP contribution in [-0.2, 0) is 28.7 Å². The maximum Gasteiger partial charge on any atom is 0.341 e. The van der Waals surface area contributed by atoms with Gasteiger partial charge in [0, 0.05) is 0 Å². The second-order valence-electron chi connectivity index (χ2n) is 14.7. The molecule has 3 aliphatic heterocycles. The van der Waals surface area contributed by atoms with E-state index >= 15 is 0 Å². The summed E-state index contributed by atoms with van der Waals surface area (Å²) in [4.78, 5) is 51.9. The highest BCUT2D eigenvalue weighted by Crippen LogP contribution is 2.35. The SMILES string of the molecule is CCCCCCCCCCCCCCCCOC(=O)[C@]12CC[C@](C(=O)OCCCCCCCCCCCCCCCC)(NC1=O)C(=O)N2. The summed E-state index contributed by atoms with van der Waals surface area (Å²) in [6.07, 6.45) is 34.7. The van der Waals surface area contributed by atoms with E-state index in [1.165, 1.54) is 141 Å². The molecule has 8 heteroatoms. The Bertz CT molecular complexity index is 838. The van der Waals surface area contributed by atoms with Crippen LogP contribution in [0.15, 0.2) is 0 Å². The summed E-state index contributed by atoms with van der Waals surface area (Å²) < 4.78 is 10.9. The average molecular weight is 677 g/mol. The van der Waals surface area contributed by atoms with E-state index in [2.05, 4.69) is 24.5 Å². The van der Waals surface area contributed by atoms with Crippen LogP contribution in [0, 0.1) is 0 Å². The average Bonchev–Trinajstić information content (AvgIpc) is 3.08. The maximum absolute atomic E-state index is 13.0. The molecule has 0 spiro atoms. The molecule has 0 aromatic carbocycles. The van der Waals surface area contributed by atoms with Crippen molar-refractivity contribution in [3.8, 4) is 0 Å². The minimum absolute atomic E-state index is 0.0239. The molecule has 2 N–H and O–H groups in total. The van der Waals surface area contributed by atoms with E-state index in [1.54, 1.807) is 0 Å². The van der Waals surface area contributed by atoms with Gasteiger partial charge in [-0.2, -0.15) is 0 Å². The van der Waals surface area contributed by atoms with Crippen LogP contribution in [0.5, 0.6) is 0 Å².